The number of hydrogen-bond acceptors (Lipinski definition) is 3. The van der Waals surface area contributed by atoms with Gasteiger partial charge in [-0.3, -0.25) is 0 Å². The molecule has 0 N–H and O–H groups in total. The van der Waals surface area contributed by atoms with E-state index in [1.165, 1.54) is 44.9 Å². The average Bonchev–Trinajstić information content (AvgIpc) is 3.87. The summed E-state index contributed by atoms with van der Waals surface area (Å²) in [5, 5.41) is 0. The van der Waals surface area contributed by atoms with Crippen molar-refractivity contribution in [3.05, 3.63) is 47.4 Å². The maximum Gasteiger partial charge on any atom is 0.280 e. The quantitative estimate of drug-likeness (QED) is 0.110. The minimum Gasteiger partial charge on any atom is -0.491 e. The molecule has 3 atom stereocenters. The van der Waals surface area contributed by atoms with Gasteiger partial charge >= 0.3 is 0 Å². The summed E-state index contributed by atoms with van der Waals surface area (Å²) in [6, 6.07) is 8.90. The first-order chi connectivity index (χ1) is 19.5. The van der Waals surface area contributed by atoms with Crippen molar-refractivity contribution in [1.82, 2.24) is 4.98 Å². The predicted molar refractivity (Wildman–Crippen MR) is 153 cm³/mol. The van der Waals surface area contributed by atoms with E-state index in [2.05, 4.69) is 11.9 Å². The van der Waals surface area contributed by atoms with Gasteiger partial charge in [0, 0.05) is 11.5 Å². The van der Waals surface area contributed by atoms with Crippen molar-refractivity contribution in [2.75, 3.05) is 6.61 Å². The predicted octanol–water partition coefficient (Wildman–Crippen LogP) is 9.80. The molecule has 40 heavy (non-hydrogen) atoms. The molecule has 0 bridgehead atoms. The number of aryl methyl sites for hydroxylation is 1. The Morgan fingerprint density at radius 2 is 1.57 bits per heavy atom. The largest absolute Gasteiger partial charge is 0.491 e. The number of hydrogen-bond donors (Lipinski definition) is 0. The van der Waals surface area contributed by atoms with Crippen LogP contribution in [0.15, 0.2) is 30.3 Å². The topological polar surface area (TPSA) is 34.6 Å². The molecule has 2 fully saturated rings. The number of epoxide rings is 1. The van der Waals surface area contributed by atoms with Gasteiger partial charge in [0.2, 0.25) is 5.95 Å². The van der Waals surface area contributed by atoms with Crippen LogP contribution in [0.5, 0.6) is 5.75 Å². The van der Waals surface area contributed by atoms with Gasteiger partial charge in [-0.25, -0.2) is 13.8 Å². The molecule has 3 unspecified atom stereocenters. The molecule has 3 aliphatic rings. The van der Waals surface area contributed by atoms with E-state index in [9.17, 15) is 0 Å². The normalized spacial score (nSPS) is 23.1. The van der Waals surface area contributed by atoms with Gasteiger partial charge in [0.25, 0.3) is 5.92 Å². The molecule has 1 aromatic heterocycles. The van der Waals surface area contributed by atoms with Crippen LogP contribution in [-0.2, 0) is 17.1 Å². The second-order valence-corrected chi connectivity index (χ2v) is 12.4. The summed E-state index contributed by atoms with van der Waals surface area (Å²) in [7, 11) is 0. The number of benzene rings is 1. The van der Waals surface area contributed by atoms with E-state index in [-0.39, 0.29) is 6.10 Å². The van der Waals surface area contributed by atoms with Gasteiger partial charge in [-0.15, -0.1) is 0 Å². The molecule has 1 aliphatic heterocycles. The van der Waals surface area contributed by atoms with E-state index in [4.69, 9.17) is 9.47 Å². The van der Waals surface area contributed by atoms with Crippen molar-refractivity contribution in [2.24, 2.45) is 11.8 Å². The second kappa shape index (κ2) is 13.7. The van der Waals surface area contributed by atoms with Crippen molar-refractivity contribution in [2.45, 2.75) is 128 Å². The zero-order valence-corrected chi connectivity index (χ0v) is 24.1. The Hall–Kier alpha value is -2.08. The smallest absolute Gasteiger partial charge is 0.280 e. The monoisotopic (exact) mass is 557 g/mol. The van der Waals surface area contributed by atoms with Gasteiger partial charge < -0.3 is 9.47 Å². The summed E-state index contributed by atoms with van der Waals surface area (Å²) in [5.41, 5.74) is 0.985. The van der Waals surface area contributed by atoms with Crippen LogP contribution in [0.3, 0.4) is 0 Å². The molecule has 0 amide bonds. The highest BCUT2D eigenvalue weighted by molar-refractivity contribution is 5.62. The zero-order valence-electron chi connectivity index (χ0n) is 24.1. The number of fused-ring (bicyclic) bond motifs is 1. The molecule has 220 valence electrons. The Labute approximate surface area is 238 Å². The number of halogens is 3. The Balaban J connectivity index is 1.09. The number of nitrogens with zero attached hydrogens (tertiary/aromatic N) is 1. The fourth-order valence-electron chi connectivity index (χ4n) is 6.30. The molecule has 1 saturated carbocycles. The molecule has 2 aromatic rings. The number of pyridine rings is 1. The Kier molecular flexibility index (Phi) is 10.1. The van der Waals surface area contributed by atoms with Crippen LogP contribution in [-0.4, -0.2) is 23.8 Å². The average molecular weight is 558 g/mol. The van der Waals surface area contributed by atoms with Crippen LogP contribution >= 0.6 is 0 Å². The minimum atomic E-state index is -3.18. The maximum atomic E-state index is 15.4. The first kappa shape index (κ1) is 29.4. The van der Waals surface area contributed by atoms with E-state index in [1.54, 1.807) is 6.07 Å². The van der Waals surface area contributed by atoms with Crippen LogP contribution in [0, 0.1) is 17.8 Å². The van der Waals surface area contributed by atoms with Crippen LogP contribution in [0.25, 0.3) is 11.3 Å². The summed E-state index contributed by atoms with van der Waals surface area (Å²) >= 11 is 0. The lowest BCUT2D eigenvalue weighted by molar-refractivity contribution is -0.0824. The fraction of sp³-hybridized carbons (Fsp3) is 0.676. The molecule has 6 heteroatoms. The van der Waals surface area contributed by atoms with Gasteiger partial charge in [0.05, 0.1) is 17.4 Å². The minimum absolute atomic E-state index is 0.152. The standard InChI is InChI=1S/C34H46F3NO2/c1-2-3-13-30-31(40-30)23-39-28-20-17-25(18-21-28)29-22-26-16-19-27(34(36,37)32(26)33(35)38-29)12-10-8-6-4-5-7-9-11-24-14-15-24/h17-18,20-22,24,27,30-31H,2-16,19,23H2,1H3. The van der Waals surface area contributed by atoms with Gasteiger partial charge in [0.1, 0.15) is 18.5 Å². The lowest BCUT2D eigenvalue weighted by atomic mass is 9.78. The van der Waals surface area contributed by atoms with E-state index in [0.29, 0.717) is 54.5 Å². The first-order valence-electron chi connectivity index (χ1n) is 15.9. The number of ether oxygens (including phenoxy) is 2. The zero-order chi connectivity index (χ0) is 28.0. The highest BCUT2D eigenvalue weighted by Crippen LogP contribution is 2.48. The number of rotatable bonds is 17. The first-order valence-corrected chi connectivity index (χ1v) is 15.9. The third-order valence-electron chi connectivity index (χ3n) is 9.12. The molecule has 1 saturated heterocycles. The molecular formula is C34H46F3NO2. The van der Waals surface area contributed by atoms with Crippen molar-refractivity contribution in [3.8, 4) is 17.0 Å². The molecule has 2 aliphatic carbocycles. The summed E-state index contributed by atoms with van der Waals surface area (Å²) in [6.45, 7) is 2.68. The molecule has 2 heterocycles. The van der Waals surface area contributed by atoms with E-state index >= 15 is 13.2 Å². The molecule has 5 rings (SSSR count). The van der Waals surface area contributed by atoms with Crippen LogP contribution in [0.1, 0.15) is 114 Å². The summed E-state index contributed by atoms with van der Waals surface area (Å²) in [6.07, 6.45) is 17.3. The lowest BCUT2D eigenvalue weighted by Gasteiger charge is -2.33. The second-order valence-electron chi connectivity index (χ2n) is 12.4. The fourth-order valence-corrected chi connectivity index (χ4v) is 6.30. The van der Waals surface area contributed by atoms with Crippen LogP contribution < -0.4 is 4.74 Å². The Morgan fingerprint density at radius 1 is 0.875 bits per heavy atom. The molecule has 0 spiro atoms. The van der Waals surface area contributed by atoms with Crippen LogP contribution in [0.2, 0.25) is 0 Å². The highest BCUT2D eigenvalue weighted by atomic mass is 19.3. The number of unbranched alkanes of at least 4 members (excludes halogenated alkanes) is 7. The van der Waals surface area contributed by atoms with E-state index in [0.717, 1.165) is 44.4 Å². The lowest BCUT2D eigenvalue weighted by Crippen LogP contribution is -2.33. The van der Waals surface area contributed by atoms with Gasteiger partial charge in [0.15, 0.2) is 0 Å². The summed E-state index contributed by atoms with van der Waals surface area (Å²) in [5.74, 6) is -3.30. The summed E-state index contributed by atoms with van der Waals surface area (Å²) < 4.78 is 57.5. The summed E-state index contributed by atoms with van der Waals surface area (Å²) in [4.78, 5) is 3.99. The highest BCUT2D eigenvalue weighted by Gasteiger charge is 2.47. The third-order valence-corrected chi connectivity index (χ3v) is 9.12. The number of alkyl halides is 2. The van der Waals surface area contributed by atoms with Gasteiger partial charge in [-0.05, 0) is 67.5 Å². The Morgan fingerprint density at radius 3 is 2.27 bits per heavy atom. The van der Waals surface area contributed by atoms with Crippen molar-refractivity contribution in [3.63, 3.8) is 0 Å². The maximum absolute atomic E-state index is 15.4. The Bertz CT molecular complexity index is 1090. The SMILES string of the molecule is CCCCC1OC1COc1ccc(-c2cc3c(c(F)n2)C(F)(F)C(CCCCCCCCCC2CC2)CC3)cc1. The molecular weight excluding hydrogens is 511 g/mol. The van der Waals surface area contributed by atoms with Gasteiger partial charge in [-0.1, -0.05) is 84.0 Å². The van der Waals surface area contributed by atoms with Crippen molar-refractivity contribution >= 4 is 0 Å². The number of aromatic nitrogens is 1. The molecule has 0 radical (unpaired) electrons. The van der Waals surface area contributed by atoms with Crippen molar-refractivity contribution in [1.29, 1.82) is 0 Å². The van der Waals surface area contributed by atoms with Crippen LogP contribution in [0.4, 0.5) is 13.2 Å². The van der Waals surface area contributed by atoms with Crippen molar-refractivity contribution < 1.29 is 22.6 Å². The van der Waals surface area contributed by atoms with Gasteiger partial charge in [-0.2, -0.15) is 4.39 Å². The molecule has 3 nitrogen and oxygen atoms in total. The van der Waals surface area contributed by atoms with E-state index < -0.39 is 23.4 Å². The third kappa shape index (κ3) is 7.80. The molecule has 1 aromatic carbocycles. The van der Waals surface area contributed by atoms with E-state index in [1.807, 2.05) is 24.3 Å².